The van der Waals surface area contributed by atoms with Gasteiger partial charge in [0, 0.05) is 53.8 Å². The van der Waals surface area contributed by atoms with Crippen LogP contribution in [0.25, 0.3) is 114 Å². The maximum absolute atomic E-state index is 5.38. The summed E-state index contributed by atoms with van der Waals surface area (Å²) < 4.78 is 9.77. The molecule has 56 heavy (non-hydrogen) atoms. The van der Waals surface area contributed by atoms with Crippen LogP contribution in [0.2, 0.25) is 0 Å². The maximum Gasteiger partial charge on any atom is 0.146 e. The van der Waals surface area contributed by atoms with Crippen molar-refractivity contribution in [1.82, 2.24) is 18.5 Å². The van der Waals surface area contributed by atoms with E-state index < -0.39 is 0 Å². The summed E-state index contributed by atoms with van der Waals surface area (Å²) in [4.78, 5) is 5.38. The summed E-state index contributed by atoms with van der Waals surface area (Å²) in [6.07, 6.45) is 0. The first kappa shape index (κ1) is 30.2. The number of nitrogens with zero attached hydrogens (tertiary/aromatic N) is 4. The molecule has 0 unspecified atom stereocenters. The Kier molecular flexibility index (Phi) is 6.01. The van der Waals surface area contributed by atoms with Crippen molar-refractivity contribution in [2.45, 2.75) is 0 Å². The number of fused-ring (bicyclic) bond motifs is 16. The number of hydrogen-bond acceptors (Lipinski definition) is 2. The molecule has 4 nitrogen and oxygen atoms in total. The summed E-state index contributed by atoms with van der Waals surface area (Å²) in [6, 6.07) is 66.3. The summed E-state index contributed by atoms with van der Waals surface area (Å²) in [5.74, 6) is 0. The number of pyridine rings is 1. The molecule has 0 amide bonds. The van der Waals surface area contributed by atoms with Crippen molar-refractivity contribution in [3.8, 4) is 22.5 Å². The summed E-state index contributed by atoms with van der Waals surface area (Å²) in [5.41, 5.74) is 13.8. The molecule has 13 rings (SSSR count). The third kappa shape index (κ3) is 4.04. The van der Waals surface area contributed by atoms with E-state index in [0.717, 1.165) is 22.4 Å². The highest BCUT2D eigenvalue weighted by atomic mass is 32.1. The normalized spacial score (nSPS) is 12.3. The molecule has 13 aromatic rings. The van der Waals surface area contributed by atoms with Gasteiger partial charge in [0.2, 0.25) is 0 Å². The Morgan fingerprint density at radius 3 is 1.61 bits per heavy atom. The van der Waals surface area contributed by atoms with Crippen LogP contribution in [0.4, 0.5) is 0 Å². The molecule has 0 N–H and O–H groups in total. The Bertz CT molecular complexity index is 3770. The Balaban J connectivity index is 1.01. The number of rotatable bonds is 3. The minimum Gasteiger partial charge on any atom is -0.309 e. The van der Waals surface area contributed by atoms with E-state index in [-0.39, 0.29) is 0 Å². The fourth-order valence-electron chi connectivity index (χ4n) is 9.37. The second kappa shape index (κ2) is 11.2. The molecule has 5 heterocycles. The van der Waals surface area contributed by atoms with Gasteiger partial charge in [-0.2, -0.15) is 0 Å². The van der Waals surface area contributed by atoms with Crippen LogP contribution in [0.1, 0.15) is 0 Å². The van der Waals surface area contributed by atoms with Crippen molar-refractivity contribution < 1.29 is 0 Å². The minimum absolute atomic E-state index is 0.987. The van der Waals surface area contributed by atoms with Crippen LogP contribution in [0.3, 0.4) is 0 Å². The predicted molar refractivity (Wildman–Crippen MR) is 237 cm³/mol. The van der Waals surface area contributed by atoms with Crippen LogP contribution in [-0.2, 0) is 0 Å². The second-order valence-corrected chi connectivity index (χ2v) is 15.8. The summed E-state index contributed by atoms with van der Waals surface area (Å²) >= 11 is 1.87. The molecule has 0 spiro atoms. The molecule has 260 valence electrons. The first-order valence-corrected chi connectivity index (χ1v) is 19.9. The second-order valence-electron chi connectivity index (χ2n) is 14.8. The highest BCUT2D eigenvalue weighted by molar-refractivity contribution is 7.26. The van der Waals surface area contributed by atoms with Crippen molar-refractivity contribution >= 4 is 103 Å². The smallest absolute Gasteiger partial charge is 0.146 e. The van der Waals surface area contributed by atoms with Crippen molar-refractivity contribution in [3.05, 3.63) is 182 Å². The SMILES string of the molecule is c1ccc(-n2c3ccccc3c3cc(-c4ccc5c(c4)c4ccccc4n5-c4ccc5c(c4)nc4c6ccccc6c6sc7ccccc7c6n54)ccc32)cc1. The van der Waals surface area contributed by atoms with E-state index in [9.17, 15) is 0 Å². The molecule has 0 aliphatic rings. The van der Waals surface area contributed by atoms with E-state index in [1.54, 1.807) is 0 Å². The highest BCUT2D eigenvalue weighted by Crippen LogP contribution is 2.43. The van der Waals surface area contributed by atoms with E-state index >= 15 is 0 Å². The van der Waals surface area contributed by atoms with Crippen molar-refractivity contribution in [2.24, 2.45) is 0 Å². The molecule has 0 fully saturated rings. The van der Waals surface area contributed by atoms with Crippen LogP contribution >= 0.6 is 11.3 Å². The van der Waals surface area contributed by atoms with E-state index in [2.05, 4.69) is 196 Å². The number of benzene rings is 8. The quantitative estimate of drug-likeness (QED) is 0.178. The molecule has 5 aromatic heterocycles. The molecule has 8 aromatic carbocycles. The molecular weight excluding hydrogens is 701 g/mol. The van der Waals surface area contributed by atoms with Crippen LogP contribution in [-0.4, -0.2) is 18.5 Å². The van der Waals surface area contributed by atoms with Gasteiger partial charge >= 0.3 is 0 Å². The van der Waals surface area contributed by atoms with Gasteiger partial charge in [-0.15, -0.1) is 11.3 Å². The predicted octanol–water partition coefficient (Wildman–Crippen LogP) is 13.9. The van der Waals surface area contributed by atoms with E-state index in [1.807, 2.05) is 11.3 Å². The molecular formula is C51H30N4S. The Labute approximate surface area is 324 Å². The van der Waals surface area contributed by atoms with Crippen molar-refractivity contribution in [2.75, 3.05) is 0 Å². The van der Waals surface area contributed by atoms with E-state index in [1.165, 1.54) is 91.5 Å². The molecule has 0 radical (unpaired) electrons. The van der Waals surface area contributed by atoms with Crippen LogP contribution in [0, 0.1) is 0 Å². The van der Waals surface area contributed by atoms with Gasteiger partial charge in [0.15, 0.2) is 0 Å². The van der Waals surface area contributed by atoms with Gasteiger partial charge in [-0.3, -0.25) is 4.40 Å². The summed E-state index contributed by atoms with van der Waals surface area (Å²) in [5, 5.41) is 8.68. The fourth-order valence-corrected chi connectivity index (χ4v) is 10.6. The fraction of sp³-hybridized carbons (Fsp3) is 0. The zero-order chi connectivity index (χ0) is 36.5. The van der Waals surface area contributed by atoms with Crippen molar-refractivity contribution in [1.29, 1.82) is 0 Å². The van der Waals surface area contributed by atoms with Crippen LogP contribution in [0.5, 0.6) is 0 Å². The molecule has 0 saturated heterocycles. The first-order valence-electron chi connectivity index (χ1n) is 19.1. The van der Waals surface area contributed by atoms with Gasteiger partial charge in [0.05, 0.1) is 43.3 Å². The highest BCUT2D eigenvalue weighted by Gasteiger charge is 2.20. The van der Waals surface area contributed by atoms with Gasteiger partial charge in [-0.05, 0) is 83.9 Å². The summed E-state index contributed by atoms with van der Waals surface area (Å²) in [6.45, 7) is 0. The zero-order valence-corrected chi connectivity index (χ0v) is 30.8. The Hall–Kier alpha value is -7.21. The molecule has 5 heteroatoms. The standard InChI is InChI=1S/C51H30N4S/c1-2-12-33(13-3-1)53-43-19-9-6-14-35(43)40-28-31(22-25-45(40)53)32-23-26-46-41(29-32)36-15-7-10-20-44(36)54(46)34-24-27-47-42(30-34)52-51-38-17-5-4-16-37(38)50-49(55(47)51)39-18-8-11-21-48(39)56-50/h1-30H. The number of hydrogen-bond donors (Lipinski definition) is 0. The monoisotopic (exact) mass is 730 g/mol. The lowest BCUT2D eigenvalue weighted by Gasteiger charge is -2.10. The van der Waals surface area contributed by atoms with Crippen LogP contribution in [0.15, 0.2) is 182 Å². The minimum atomic E-state index is 0.987. The van der Waals surface area contributed by atoms with E-state index in [4.69, 9.17) is 4.98 Å². The Morgan fingerprint density at radius 2 is 0.911 bits per heavy atom. The average molecular weight is 731 g/mol. The largest absolute Gasteiger partial charge is 0.309 e. The number of imidazole rings is 1. The van der Waals surface area contributed by atoms with Gasteiger partial charge in [0.1, 0.15) is 5.65 Å². The number of para-hydroxylation sites is 3. The molecule has 0 atom stereocenters. The maximum atomic E-state index is 5.38. The molecule has 0 bridgehead atoms. The summed E-state index contributed by atoms with van der Waals surface area (Å²) in [7, 11) is 0. The third-order valence-corrected chi connectivity index (χ3v) is 13.0. The molecule has 0 aliphatic heterocycles. The topological polar surface area (TPSA) is 27.2 Å². The third-order valence-electron chi connectivity index (χ3n) is 11.8. The zero-order valence-electron chi connectivity index (χ0n) is 30.0. The lowest BCUT2D eigenvalue weighted by atomic mass is 10.0. The van der Waals surface area contributed by atoms with Crippen molar-refractivity contribution in [3.63, 3.8) is 0 Å². The lowest BCUT2D eigenvalue weighted by Crippen LogP contribution is -1.94. The molecule has 0 saturated carbocycles. The molecule has 0 aliphatic carbocycles. The van der Waals surface area contributed by atoms with Gasteiger partial charge < -0.3 is 9.13 Å². The van der Waals surface area contributed by atoms with Gasteiger partial charge in [-0.1, -0.05) is 109 Å². The number of aromatic nitrogens is 4. The van der Waals surface area contributed by atoms with Gasteiger partial charge in [0.25, 0.3) is 0 Å². The Morgan fingerprint density at radius 1 is 0.375 bits per heavy atom. The first-order chi connectivity index (χ1) is 27.8. The lowest BCUT2D eigenvalue weighted by molar-refractivity contribution is 1.18. The average Bonchev–Trinajstić information content (AvgIpc) is 4.01. The van der Waals surface area contributed by atoms with Gasteiger partial charge in [-0.25, -0.2) is 4.98 Å². The van der Waals surface area contributed by atoms with E-state index in [0.29, 0.717) is 0 Å². The number of thiophene rings is 1. The van der Waals surface area contributed by atoms with Crippen LogP contribution < -0.4 is 0 Å².